The van der Waals surface area contributed by atoms with Gasteiger partial charge in [-0.05, 0) is 51.1 Å². The van der Waals surface area contributed by atoms with E-state index in [9.17, 15) is 0 Å². The Hall–Kier alpha value is -1.59. The van der Waals surface area contributed by atoms with Gasteiger partial charge >= 0.3 is 0 Å². The van der Waals surface area contributed by atoms with Gasteiger partial charge in [0.1, 0.15) is 0 Å². The van der Waals surface area contributed by atoms with Crippen LogP contribution in [0, 0.1) is 0 Å². The SMILES string of the molecule is CCc1cccc(NC(N)=NCC2(N(C)C)CCOCC2)c1. The van der Waals surface area contributed by atoms with Crippen LogP contribution >= 0.6 is 0 Å². The minimum atomic E-state index is 0.0514. The predicted octanol–water partition coefficient (Wildman–Crippen LogP) is 2.09. The van der Waals surface area contributed by atoms with Crippen molar-refractivity contribution in [2.45, 2.75) is 31.7 Å². The number of nitrogens with one attached hydrogen (secondary N) is 1. The van der Waals surface area contributed by atoms with E-state index >= 15 is 0 Å². The molecule has 0 radical (unpaired) electrons. The van der Waals surface area contributed by atoms with Crippen molar-refractivity contribution in [1.29, 1.82) is 0 Å². The molecule has 2 rings (SSSR count). The molecular formula is C17H28N4O. The maximum Gasteiger partial charge on any atom is 0.193 e. The van der Waals surface area contributed by atoms with Gasteiger partial charge in [0, 0.05) is 24.4 Å². The zero-order chi connectivity index (χ0) is 16.0. The Morgan fingerprint density at radius 3 is 2.73 bits per heavy atom. The van der Waals surface area contributed by atoms with E-state index in [1.54, 1.807) is 0 Å². The van der Waals surface area contributed by atoms with Crippen LogP contribution in [0.25, 0.3) is 0 Å². The highest BCUT2D eigenvalue weighted by molar-refractivity contribution is 5.92. The molecule has 0 spiro atoms. The summed E-state index contributed by atoms with van der Waals surface area (Å²) >= 11 is 0. The van der Waals surface area contributed by atoms with Gasteiger partial charge in [-0.3, -0.25) is 4.99 Å². The topological polar surface area (TPSA) is 62.9 Å². The average molecular weight is 304 g/mol. The van der Waals surface area contributed by atoms with E-state index in [1.165, 1.54) is 5.56 Å². The van der Waals surface area contributed by atoms with E-state index in [-0.39, 0.29) is 5.54 Å². The molecule has 0 unspecified atom stereocenters. The molecule has 1 saturated heterocycles. The molecule has 1 aromatic carbocycles. The second kappa shape index (κ2) is 7.61. The molecule has 1 fully saturated rings. The molecule has 0 atom stereocenters. The van der Waals surface area contributed by atoms with Crippen molar-refractivity contribution < 1.29 is 4.74 Å². The summed E-state index contributed by atoms with van der Waals surface area (Å²) in [6.45, 7) is 4.41. The van der Waals surface area contributed by atoms with Crippen molar-refractivity contribution in [1.82, 2.24) is 4.90 Å². The van der Waals surface area contributed by atoms with Gasteiger partial charge in [-0.2, -0.15) is 0 Å². The Bertz CT molecular complexity index is 507. The summed E-state index contributed by atoms with van der Waals surface area (Å²) in [5.41, 5.74) is 8.39. The van der Waals surface area contributed by atoms with Crippen molar-refractivity contribution in [3.05, 3.63) is 29.8 Å². The fourth-order valence-corrected chi connectivity index (χ4v) is 2.79. The quantitative estimate of drug-likeness (QED) is 0.646. The molecule has 1 aliphatic heterocycles. The normalized spacial score (nSPS) is 18.5. The van der Waals surface area contributed by atoms with Crippen LogP contribution in [-0.2, 0) is 11.2 Å². The lowest BCUT2D eigenvalue weighted by atomic mass is 9.89. The van der Waals surface area contributed by atoms with Crippen molar-refractivity contribution in [2.24, 2.45) is 10.7 Å². The summed E-state index contributed by atoms with van der Waals surface area (Å²) in [4.78, 5) is 6.83. The summed E-state index contributed by atoms with van der Waals surface area (Å²) < 4.78 is 5.48. The fraction of sp³-hybridized carbons (Fsp3) is 0.588. The maximum absolute atomic E-state index is 6.06. The zero-order valence-corrected chi connectivity index (χ0v) is 13.9. The maximum atomic E-state index is 6.06. The van der Waals surface area contributed by atoms with E-state index in [2.05, 4.69) is 48.4 Å². The second-order valence-electron chi connectivity index (χ2n) is 6.11. The number of anilines is 1. The highest BCUT2D eigenvalue weighted by Crippen LogP contribution is 2.26. The van der Waals surface area contributed by atoms with Gasteiger partial charge in [0.25, 0.3) is 0 Å². The number of hydrogen-bond donors (Lipinski definition) is 2. The first-order chi connectivity index (χ1) is 10.6. The Labute approximate surface area is 133 Å². The van der Waals surface area contributed by atoms with Crippen LogP contribution in [0.2, 0.25) is 0 Å². The third-order valence-corrected chi connectivity index (χ3v) is 4.52. The number of nitrogens with zero attached hydrogens (tertiary/aromatic N) is 2. The molecule has 1 heterocycles. The zero-order valence-electron chi connectivity index (χ0n) is 13.9. The minimum Gasteiger partial charge on any atom is -0.381 e. The molecule has 1 aromatic rings. The largest absolute Gasteiger partial charge is 0.381 e. The van der Waals surface area contributed by atoms with Gasteiger partial charge < -0.3 is 20.7 Å². The second-order valence-corrected chi connectivity index (χ2v) is 6.11. The Morgan fingerprint density at radius 2 is 2.09 bits per heavy atom. The van der Waals surface area contributed by atoms with Crippen LogP contribution in [0.4, 0.5) is 5.69 Å². The third kappa shape index (κ3) is 4.21. The van der Waals surface area contributed by atoms with Gasteiger partial charge in [-0.15, -0.1) is 0 Å². The number of ether oxygens (including phenoxy) is 1. The highest BCUT2D eigenvalue weighted by Gasteiger charge is 2.34. The van der Waals surface area contributed by atoms with E-state index in [4.69, 9.17) is 10.5 Å². The molecule has 1 aliphatic rings. The van der Waals surface area contributed by atoms with Crippen molar-refractivity contribution >= 4 is 11.6 Å². The molecule has 22 heavy (non-hydrogen) atoms. The number of hydrogen-bond acceptors (Lipinski definition) is 3. The number of aryl methyl sites for hydroxylation is 1. The summed E-state index contributed by atoms with van der Waals surface area (Å²) in [7, 11) is 4.21. The number of nitrogens with two attached hydrogens (primary N) is 1. The van der Waals surface area contributed by atoms with E-state index in [0.717, 1.165) is 38.2 Å². The smallest absolute Gasteiger partial charge is 0.193 e. The van der Waals surface area contributed by atoms with Crippen molar-refractivity contribution in [2.75, 3.05) is 39.2 Å². The molecular weight excluding hydrogens is 276 g/mol. The molecule has 122 valence electrons. The molecule has 5 nitrogen and oxygen atoms in total. The van der Waals surface area contributed by atoms with Crippen LogP contribution in [-0.4, -0.2) is 50.3 Å². The number of rotatable bonds is 5. The predicted molar refractivity (Wildman–Crippen MR) is 92.4 cm³/mol. The van der Waals surface area contributed by atoms with Crippen molar-refractivity contribution in [3.8, 4) is 0 Å². The fourth-order valence-electron chi connectivity index (χ4n) is 2.79. The minimum absolute atomic E-state index is 0.0514. The Kier molecular flexibility index (Phi) is 5.80. The first kappa shape index (κ1) is 16.8. The standard InChI is InChI=1S/C17H28N4O/c1-4-14-6-5-7-15(12-14)20-16(18)19-13-17(21(2)3)8-10-22-11-9-17/h5-7,12H,4,8-11,13H2,1-3H3,(H3,18,19,20). The molecule has 0 saturated carbocycles. The van der Waals surface area contributed by atoms with E-state index < -0.39 is 0 Å². The van der Waals surface area contributed by atoms with Crippen LogP contribution < -0.4 is 11.1 Å². The first-order valence-corrected chi connectivity index (χ1v) is 7.97. The summed E-state index contributed by atoms with van der Waals surface area (Å²) in [6, 6.07) is 8.27. The Morgan fingerprint density at radius 1 is 1.36 bits per heavy atom. The lowest BCUT2D eigenvalue weighted by molar-refractivity contribution is -0.00249. The highest BCUT2D eigenvalue weighted by atomic mass is 16.5. The van der Waals surface area contributed by atoms with Crippen LogP contribution in [0.5, 0.6) is 0 Å². The van der Waals surface area contributed by atoms with E-state index in [0.29, 0.717) is 12.5 Å². The molecule has 3 N–H and O–H groups in total. The molecule has 0 aliphatic carbocycles. The molecule has 0 aromatic heterocycles. The molecule has 5 heteroatoms. The molecule has 0 amide bonds. The van der Waals surface area contributed by atoms with Gasteiger partial charge in [-0.25, -0.2) is 0 Å². The average Bonchev–Trinajstić information content (AvgIpc) is 2.54. The Balaban J connectivity index is 2.01. The summed E-state index contributed by atoms with van der Waals surface area (Å²) in [6.07, 6.45) is 2.99. The summed E-state index contributed by atoms with van der Waals surface area (Å²) in [5.74, 6) is 0.473. The van der Waals surface area contributed by atoms with Gasteiger partial charge in [0.05, 0.1) is 6.54 Å². The van der Waals surface area contributed by atoms with Crippen LogP contribution in [0.15, 0.2) is 29.3 Å². The molecule has 0 bridgehead atoms. The van der Waals surface area contributed by atoms with Crippen LogP contribution in [0.1, 0.15) is 25.3 Å². The third-order valence-electron chi connectivity index (χ3n) is 4.52. The lowest BCUT2D eigenvalue weighted by Crippen LogP contribution is -2.51. The first-order valence-electron chi connectivity index (χ1n) is 7.97. The monoisotopic (exact) mass is 304 g/mol. The van der Waals surface area contributed by atoms with Gasteiger partial charge in [-0.1, -0.05) is 19.1 Å². The van der Waals surface area contributed by atoms with Crippen LogP contribution in [0.3, 0.4) is 0 Å². The van der Waals surface area contributed by atoms with Gasteiger partial charge in [0.2, 0.25) is 0 Å². The number of benzene rings is 1. The summed E-state index contributed by atoms with van der Waals surface area (Å²) in [5, 5.41) is 3.19. The number of aliphatic imine (C=N–C) groups is 1. The van der Waals surface area contributed by atoms with Gasteiger partial charge in [0.15, 0.2) is 5.96 Å². The number of guanidine groups is 1. The number of likely N-dealkylation sites (N-methyl/N-ethyl adjacent to an activating group) is 1. The van der Waals surface area contributed by atoms with E-state index in [1.807, 2.05) is 12.1 Å². The van der Waals surface area contributed by atoms with Crippen molar-refractivity contribution in [3.63, 3.8) is 0 Å². The lowest BCUT2D eigenvalue weighted by Gasteiger charge is -2.41.